The van der Waals surface area contributed by atoms with Crippen molar-refractivity contribution >= 4 is 5.91 Å². The fourth-order valence-corrected chi connectivity index (χ4v) is 2.88. The summed E-state index contributed by atoms with van der Waals surface area (Å²) in [4.78, 5) is 39.5. The summed E-state index contributed by atoms with van der Waals surface area (Å²) >= 11 is 0. The van der Waals surface area contributed by atoms with Crippen LogP contribution < -0.4 is 16.4 Å². The Hall–Kier alpha value is -2.74. The van der Waals surface area contributed by atoms with E-state index in [1.165, 1.54) is 0 Å². The molecule has 1 saturated carbocycles. The number of aromatic amines is 2. The molecule has 0 aliphatic heterocycles. The predicted octanol–water partition coefficient (Wildman–Crippen LogP) is -0.371. The Morgan fingerprint density at radius 1 is 1.33 bits per heavy atom. The molecule has 8 nitrogen and oxygen atoms in total. The van der Waals surface area contributed by atoms with E-state index in [-0.39, 0.29) is 36.0 Å². The number of rotatable bonds is 5. The third-order valence-corrected chi connectivity index (χ3v) is 4.19. The monoisotopic (exact) mass is 330 g/mol. The molecule has 0 bridgehead atoms. The molecule has 0 aromatic carbocycles. The van der Waals surface area contributed by atoms with Crippen LogP contribution in [-0.2, 0) is 11.2 Å². The van der Waals surface area contributed by atoms with E-state index >= 15 is 0 Å². The summed E-state index contributed by atoms with van der Waals surface area (Å²) in [6, 6.07) is 6.21. The van der Waals surface area contributed by atoms with E-state index in [1.54, 1.807) is 12.3 Å². The average molecular weight is 330 g/mol. The Kier molecular flexibility index (Phi) is 4.57. The van der Waals surface area contributed by atoms with Crippen LogP contribution in [0.2, 0.25) is 0 Å². The Morgan fingerprint density at radius 2 is 2.12 bits per heavy atom. The smallest absolute Gasteiger partial charge is 0.266 e. The van der Waals surface area contributed by atoms with Crippen LogP contribution in [0.3, 0.4) is 0 Å². The van der Waals surface area contributed by atoms with E-state index < -0.39 is 11.1 Å². The normalized spacial score (nSPS) is 20.9. The minimum Gasteiger partial charge on any atom is -0.393 e. The molecule has 0 radical (unpaired) electrons. The summed E-state index contributed by atoms with van der Waals surface area (Å²) in [6.07, 6.45) is 2.27. The van der Waals surface area contributed by atoms with Gasteiger partial charge in [-0.15, -0.1) is 0 Å². The number of amides is 1. The van der Waals surface area contributed by atoms with Gasteiger partial charge in [-0.1, -0.05) is 6.07 Å². The molecule has 0 unspecified atom stereocenters. The standard InChI is InChI=1S/C16H18N4O4/c21-11-5-9(6-11)15(12-3-1-2-4-17-12)18-13(22)7-10-8-14(23)19-20-16(10)24/h1-4,8-9,11,15,21H,5-7H2,(H,18,22)(H,19,23)(H,20,24)/t9?,11?,15-/m0/s1. The van der Waals surface area contributed by atoms with E-state index in [0.717, 1.165) is 6.07 Å². The maximum absolute atomic E-state index is 12.3. The zero-order valence-electron chi connectivity index (χ0n) is 12.9. The number of H-pyrrole nitrogens is 2. The minimum absolute atomic E-state index is 0.0938. The van der Waals surface area contributed by atoms with Gasteiger partial charge in [-0.3, -0.25) is 29.6 Å². The van der Waals surface area contributed by atoms with Crippen LogP contribution in [0.15, 0.2) is 40.1 Å². The number of aliphatic hydroxyl groups is 1. The molecule has 8 heteroatoms. The van der Waals surface area contributed by atoms with E-state index in [4.69, 9.17) is 0 Å². The fourth-order valence-electron chi connectivity index (χ4n) is 2.88. The molecule has 4 N–H and O–H groups in total. The molecule has 1 atom stereocenters. The van der Waals surface area contributed by atoms with Gasteiger partial charge in [0.1, 0.15) is 0 Å². The first-order chi connectivity index (χ1) is 11.5. The number of hydrogen-bond donors (Lipinski definition) is 4. The highest BCUT2D eigenvalue weighted by Crippen LogP contribution is 2.37. The Bertz CT molecular complexity index is 824. The van der Waals surface area contributed by atoms with Crippen molar-refractivity contribution in [2.75, 3.05) is 0 Å². The Morgan fingerprint density at radius 3 is 2.79 bits per heavy atom. The molecule has 2 heterocycles. The lowest BCUT2D eigenvalue weighted by Crippen LogP contribution is -2.42. The van der Waals surface area contributed by atoms with Crippen molar-refractivity contribution in [3.63, 3.8) is 0 Å². The van der Waals surface area contributed by atoms with Crippen molar-refractivity contribution in [2.45, 2.75) is 31.4 Å². The first kappa shape index (κ1) is 16.1. The number of pyridine rings is 1. The maximum Gasteiger partial charge on any atom is 0.266 e. The zero-order chi connectivity index (χ0) is 17.1. The second-order valence-corrected chi connectivity index (χ2v) is 5.97. The van der Waals surface area contributed by atoms with Crippen molar-refractivity contribution in [1.29, 1.82) is 0 Å². The summed E-state index contributed by atoms with van der Waals surface area (Å²) in [5.41, 5.74) is -0.161. The molecule has 1 aliphatic rings. The number of carbonyl (C=O) groups is 1. The van der Waals surface area contributed by atoms with Gasteiger partial charge in [-0.05, 0) is 30.9 Å². The van der Waals surface area contributed by atoms with Crippen molar-refractivity contribution in [3.05, 3.63) is 62.4 Å². The second-order valence-electron chi connectivity index (χ2n) is 5.97. The summed E-state index contributed by atoms with van der Waals surface area (Å²) < 4.78 is 0. The molecule has 0 spiro atoms. The van der Waals surface area contributed by atoms with Gasteiger partial charge in [0, 0.05) is 17.8 Å². The van der Waals surface area contributed by atoms with E-state index in [0.29, 0.717) is 18.5 Å². The number of hydrogen-bond acceptors (Lipinski definition) is 5. The van der Waals surface area contributed by atoms with Crippen LogP contribution >= 0.6 is 0 Å². The number of carbonyl (C=O) groups excluding carboxylic acids is 1. The van der Waals surface area contributed by atoms with Gasteiger partial charge < -0.3 is 10.4 Å². The van der Waals surface area contributed by atoms with Gasteiger partial charge in [0.05, 0.1) is 24.3 Å². The molecule has 3 rings (SSSR count). The lowest BCUT2D eigenvalue weighted by molar-refractivity contribution is -0.122. The van der Waals surface area contributed by atoms with Crippen LogP contribution in [0.25, 0.3) is 0 Å². The van der Waals surface area contributed by atoms with Crippen LogP contribution in [0, 0.1) is 5.92 Å². The Balaban J connectivity index is 1.75. The summed E-state index contributed by atoms with van der Waals surface area (Å²) in [5.74, 6) is -0.278. The minimum atomic E-state index is -0.502. The molecule has 0 saturated heterocycles. The summed E-state index contributed by atoms with van der Waals surface area (Å²) in [7, 11) is 0. The lowest BCUT2D eigenvalue weighted by Gasteiger charge is -2.37. The first-order valence-corrected chi connectivity index (χ1v) is 7.72. The van der Waals surface area contributed by atoms with Crippen molar-refractivity contribution in [2.24, 2.45) is 5.92 Å². The van der Waals surface area contributed by atoms with Gasteiger partial charge in [0.15, 0.2) is 0 Å². The van der Waals surface area contributed by atoms with Crippen LogP contribution in [0.4, 0.5) is 0 Å². The highest BCUT2D eigenvalue weighted by Gasteiger charge is 2.36. The molecule has 126 valence electrons. The topological polar surface area (TPSA) is 128 Å². The highest BCUT2D eigenvalue weighted by atomic mass is 16.3. The van der Waals surface area contributed by atoms with Gasteiger partial charge in [0.2, 0.25) is 5.91 Å². The highest BCUT2D eigenvalue weighted by molar-refractivity contribution is 5.78. The van der Waals surface area contributed by atoms with Gasteiger partial charge in [-0.25, -0.2) is 0 Å². The summed E-state index contributed by atoms with van der Waals surface area (Å²) in [6.45, 7) is 0. The van der Waals surface area contributed by atoms with E-state index in [9.17, 15) is 19.5 Å². The number of nitrogens with zero attached hydrogens (tertiary/aromatic N) is 1. The molecule has 2 aromatic heterocycles. The number of aliphatic hydroxyl groups excluding tert-OH is 1. The van der Waals surface area contributed by atoms with Gasteiger partial charge in [-0.2, -0.15) is 0 Å². The fraction of sp³-hybridized carbons (Fsp3) is 0.375. The molecular formula is C16H18N4O4. The van der Waals surface area contributed by atoms with Crippen LogP contribution in [0.5, 0.6) is 0 Å². The average Bonchev–Trinajstić information content (AvgIpc) is 2.54. The molecular weight excluding hydrogens is 312 g/mol. The number of nitrogens with one attached hydrogen (secondary N) is 3. The van der Waals surface area contributed by atoms with Crippen LogP contribution in [0.1, 0.15) is 30.1 Å². The zero-order valence-corrected chi connectivity index (χ0v) is 12.9. The van der Waals surface area contributed by atoms with Crippen LogP contribution in [-0.4, -0.2) is 32.3 Å². The SMILES string of the molecule is O=C(Cc1cc(=O)[nH][nH]c1=O)N[C@H](c1ccccn1)C1CC(O)C1. The first-order valence-electron chi connectivity index (χ1n) is 7.72. The van der Waals surface area contributed by atoms with Crippen molar-refractivity contribution in [3.8, 4) is 0 Å². The van der Waals surface area contributed by atoms with E-state index in [1.807, 2.05) is 12.1 Å². The molecule has 24 heavy (non-hydrogen) atoms. The van der Waals surface area contributed by atoms with Gasteiger partial charge >= 0.3 is 0 Å². The number of aromatic nitrogens is 3. The van der Waals surface area contributed by atoms with Crippen molar-refractivity contribution < 1.29 is 9.90 Å². The molecule has 1 amide bonds. The second kappa shape index (κ2) is 6.79. The molecule has 1 fully saturated rings. The lowest BCUT2D eigenvalue weighted by atomic mass is 9.76. The quantitative estimate of drug-likeness (QED) is 0.595. The maximum atomic E-state index is 12.3. The third kappa shape index (κ3) is 3.60. The van der Waals surface area contributed by atoms with Crippen molar-refractivity contribution in [1.82, 2.24) is 20.5 Å². The van der Waals surface area contributed by atoms with E-state index in [2.05, 4.69) is 20.5 Å². The Labute approximate surface area is 136 Å². The van der Waals surface area contributed by atoms with Gasteiger partial charge in [0.25, 0.3) is 11.1 Å². The molecule has 1 aliphatic carbocycles. The largest absolute Gasteiger partial charge is 0.393 e. The summed E-state index contributed by atoms with van der Waals surface area (Å²) in [5, 5.41) is 16.8. The molecule has 2 aromatic rings. The predicted molar refractivity (Wildman–Crippen MR) is 85.2 cm³/mol. The third-order valence-electron chi connectivity index (χ3n) is 4.19.